The molecular weight excluding hydrogens is 344 g/mol. The summed E-state index contributed by atoms with van der Waals surface area (Å²) in [4.78, 5) is 29.4. The molecule has 1 saturated heterocycles. The first-order chi connectivity index (χ1) is 13.1. The molecule has 7 nitrogen and oxygen atoms in total. The Labute approximate surface area is 159 Å². The van der Waals surface area contributed by atoms with E-state index in [0.717, 1.165) is 38.3 Å². The van der Waals surface area contributed by atoms with Crippen molar-refractivity contribution < 1.29 is 14.3 Å². The van der Waals surface area contributed by atoms with Crippen molar-refractivity contribution in [2.75, 3.05) is 46.4 Å². The Balaban J connectivity index is 1.84. The Hall–Kier alpha value is -2.64. The molecule has 1 fully saturated rings. The maximum atomic E-state index is 12.5. The third kappa shape index (κ3) is 4.56. The van der Waals surface area contributed by atoms with Gasteiger partial charge in [-0.05, 0) is 5.56 Å². The molecule has 2 heterocycles. The van der Waals surface area contributed by atoms with E-state index < -0.39 is 12.0 Å². The number of nitrogens with one attached hydrogen (secondary N) is 2. The molecule has 1 atom stereocenters. The third-order valence-electron chi connectivity index (χ3n) is 4.93. The summed E-state index contributed by atoms with van der Waals surface area (Å²) in [5.74, 6) is -0.434. The monoisotopic (exact) mass is 370 g/mol. The van der Waals surface area contributed by atoms with Crippen molar-refractivity contribution in [3.8, 4) is 0 Å². The number of carbonyl (C=O) groups excluding carboxylic acids is 2. The van der Waals surface area contributed by atoms with E-state index in [9.17, 15) is 9.59 Å². The number of methoxy groups -OCH3 is 1. The second kappa shape index (κ2) is 8.83. The third-order valence-corrected chi connectivity index (χ3v) is 4.93. The van der Waals surface area contributed by atoms with Crippen LogP contribution in [0.15, 0.2) is 54.3 Å². The van der Waals surface area contributed by atoms with Gasteiger partial charge in [-0.1, -0.05) is 36.4 Å². The smallest absolute Gasteiger partial charge is 0.338 e. The SMILES string of the molecule is C=CCN1CCN(CC2=C(C(=O)OC)[C@@H](c3ccccc3)NC(=O)N2)CC1. The molecular formula is C20H26N4O3. The number of ether oxygens (including phenoxy) is 1. The largest absolute Gasteiger partial charge is 0.466 e. The van der Waals surface area contributed by atoms with Crippen LogP contribution in [0, 0.1) is 0 Å². The van der Waals surface area contributed by atoms with Gasteiger partial charge in [0.05, 0.1) is 18.7 Å². The van der Waals surface area contributed by atoms with Crippen LogP contribution < -0.4 is 10.6 Å². The van der Waals surface area contributed by atoms with Crippen LogP contribution in [0.3, 0.4) is 0 Å². The second-order valence-electron chi connectivity index (χ2n) is 6.69. The molecule has 0 bridgehead atoms. The van der Waals surface area contributed by atoms with Gasteiger partial charge in [0.15, 0.2) is 0 Å². The molecule has 7 heteroatoms. The zero-order chi connectivity index (χ0) is 19.2. The highest BCUT2D eigenvalue weighted by molar-refractivity contribution is 5.95. The van der Waals surface area contributed by atoms with E-state index in [-0.39, 0.29) is 6.03 Å². The Kier molecular flexibility index (Phi) is 6.26. The van der Waals surface area contributed by atoms with Crippen molar-refractivity contribution >= 4 is 12.0 Å². The zero-order valence-corrected chi connectivity index (χ0v) is 15.6. The molecule has 0 aliphatic carbocycles. The molecule has 2 N–H and O–H groups in total. The molecule has 27 heavy (non-hydrogen) atoms. The highest BCUT2D eigenvalue weighted by Gasteiger charge is 2.34. The number of carbonyl (C=O) groups is 2. The number of hydrogen-bond donors (Lipinski definition) is 2. The normalized spacial score (nSPS) is 21.4. The Morgan fingerprint density at radius 1 is 1.22 bits per heavy atom. The van der Waals surface area contributed by atoms with Gasteiger partial charge in [0.2, 0.25) is 0 Å². The molecule has 0 spiro atoms. The summed E-state index contributed by atoms with van der Waals surface area (Å²) < 4.78 is 5.02. The summed E-state index contributed by atoms with van der Waals surface area (Å²) in [5.41, 5.74) is 1.91. The van der Waals surface area contributed by atoms with Gasteiger partial charge in [-0.3, -0.25) is 9.80 Å². The highest BCUT2D eigenvalue weighted by Crippen LogP contribution is 2.28. The van der Waals surface area contributed by atoms with Crippen LogP contribution in [0.5, 0.6) is 0 Å². The first-order valence-corrected chi connectivity index (χ1v) is 9.11. The Bertz CT molecular complexity index is 724. The lowest BCUT2D eigenvalue weighted by Crippen LogP contribution is -2.51. The lowest BCUT2D eigenvalue weighted by Gasteiger charge is -2.36. The predicted molar refractivity (Wildman–Crippen MR) is 103 cm³/mol. The predicted octanol–water partition coefficient (Wildman–Crippen LogP) is 1.27. The number of piperazine rings is 1. The first kappa shape index (κ1) is 19.1. The molecule has 0 radical (unpaired) electrons. The minimum absolute atomic E-state index is 0.309. The Morgan fingerprint density at radius 2 is 1.89 bits per heavy atom. The maximum absolute atomic E-state index is 12.5. The van der Waals surface area contributed by atoms with Crippen LogP contribution in [-0.4, -0.2) is 68.2 Å². The molecule has 144 valence electrons. The first-order valence-electron chi connectivity index (χ1n) is 9.11. The quantitative estimate of drug-likeness (QED) is 0.583. The van der Waals surface area contributed by atoms with Crippen molar-refractivity contribution in [1.82, 2.24) is 20.4 Å². The fourth-order valence-corrected chi connectivity index (χ4v) is 3.53. The highest BCUT2D eigenvalue weighted by atomic mass is 16.5. The molecule has 1 aromatic rings. The van der Waals surface area contributed by atoms with Gasteiger partial charge in [-0.2, -0.15) is 0 Å². The molecule has 2 aliphatic heterocycles. The number of esters is 1. The summed E-state index contributed by atoms with van der Waals surface area (Å²) in [7, 11) is 1.36. The average molecular weight is 370 g/mol. The number of benzene rings is 1. The van der Waals surface area contributed by atoms with Crippen LogP contribution in [0.25, 0.3) is 0 Å². The fourth-order valence-electron chi connectivity index (χ4n) is 3.53. The number of urea groups is 1. The molecule has 1 aromatic carbocycles. The van der Waals surface area contributed by atoms with Crippen LogP contribution >= 0.6 is 0 Å². The lowest BCUT2D eigenvalue weighted by atomic mass is 9.95. The molecule has 2 aliphatic rings. The van der Waals surface area contributed by atoms with Gasteiger partial charge in [0.1, 0.15) is 0 Å². The van der Waals surface area contributed by atoms with Gasteiger partial charge >= 0.3 is 12.0 Å². The molecule has 2 amide bonds. The summed E-state index contributed by atoms with van der Waals surface area (Å²) in [6, 6.07) is 8.63. The zero-order valence-electron chi connectivity index (χ0n) is 15.6. The number of hydrogen-bond acceptors (Lipinski definition) is 5. The summed E-state index contributed by atoms with van der Waals surface area (Å²) in [6.45, 7) is 8.76. The second-order valence-corrected chi connectivity index (χ2v) is 6.69. The van der Waals surface area contributed by atoms with Gasteiger partial charge in [0.25, 0.3) is 0 Å². The maximum Gasteiger partial charge on any atom is 0.338 e. The van der Waals surface area contributed by atoms with Crippen LogP contribution in [0.2, 0.25) is 0 Å². The van der Waals surface area contributed by atoms with Crippen molar-refractivity contribution in [1.29, 1.82) is 0 Å². The number of nitrogens with zero attached hydrogens (tertiary/aromatic N) is 2. The van der Waals surface area contributed by atoms with Crippen molar-refractivity contribution in [2.24, 2.45) is 0 Å². The van der Waals surface area contributed by atoms with E-state index in [1.54, 1.807) is 0 Å². The Morgan fingerprint density at radius 3 is 2.52 bits per heavy atom. The molecule has 0 saturated carbocycles. The van der Waals surface area contributed by atoms with Crippen molar-refractivity contribution in [3.05, 3.63) is 59.8 Å². The topological polar surface area (TPSA) is 73.9 Å². The van der Waals surface area contributed by atoms with E-state index in [2.05, 4.69) is 27.0 Å². The summed E-state index contributed by atoms with van der Waals surface area (Å²) in [6.07, 6.45) is 1.91. The summed E-state index contributed by atoms with van der Waals surface area (Å²) in [5, 5.41) is 5.66. The van der Waals surface area contributed by atoms with Gasteiger partial charge in [-0.25, -0.2) is 9.59 Å². The number of amides is 2. The minimum Gasteiger partial charge on any atom is -0.466 e. The van der Waals surface area contributed by atoms with E-state index >= 15 is 0 Å². The fraction of sp³-hybridized carbons (Fsp3) is 0.400. The van der Waals surface area contributed by atoms with Crippen molar-refractivity contribution in [2.45, 2.75) is 6.04 Å². The van der Waals surface area contributed by atoms with Crippen molar-refractivity contribution in [3.63, 3.8) is 0 Å². The van der Waals surface area contributed by atoms with Crippen LogP contribution in [-0.2, 0) is 9.53 Å². The van der Waals surface area contributed by atoms with Crippen LogP contribution in [0.4, 0.5) is 4.79 Å². The van der Waals surface area contributed by atoms with Gasteiger partial charge in [0, 0.05) is 45.0 Å². The van der Waals surface area contributed by atoms with E-state index in [4.69, 9.17) is 4.74 Å². The molecule has 3 rings (SSSR count). The molecule has 0 unspecified atom stereocenters. The van der Waals surface area contributed by atoms with E-state index in [1.165, 1.54) is 7.11 Å². The number of rotatable bonds is 6. The molecule has 0 aromatic heterocycles. The van der Waals surface area contributed by atoms with Gasteiger partial charge in [-0.15, -0.1) is 6.58 Å². The lowest BCUT2D eigenvalue weighted by molar-refractivity contribution is -0.136. The average Bonchev–Trinajstić information content (AvgIpc) is 2.69. The van der Waals surface area contributed by atoms with Crippen LogP contribution in [0.1, 0.15) is 11.6 Å². The minimum atomic E-state index is -0.524. The van der Waals surface area contributed by atoms with E-state index in [0.29, 0.717) is 17.8 Å². The standard InChI is InChI=1S/C20H26N4O3/c1-3-9-23-10-12-24(13-11-23)14-16-17(19(25)27-2)18(22-20(26)21-16)15-7-5-4-6-8-15/h3-8,18H,1,9-14H2,2H3,(H2,21,22,26)/t18-/m1/s1. The van der Waals surface area contributed by atoms with Gasteiger partial charge < -0.3 is 15.4 Å². The summed E-state index contributed by atoms with van der Waals surface area (Å²) >= 11 is 0. The van der Waals surface area contributed by atoms with E-state index in [1.807, 2.05) is 36.4 Å².